The summed E-state index contributed by atoms with van der Waals surface area (Å²) in [7, 11) is 1.28. The van der Waals surface area contributed by atoms with Gasteiger partial charge in [-0.15, -0.1) is 0 Å². The Kier molecular flexibility index (Phi) is 8.61. The standard InChI is InChI=1S/C26H27NO11/c1-27-25(35)26(36)12-20(37-22(32)8-4-14-2-6-16(28)18(30)10-14)24(34)21(13-26)38-23(33)9-5-15-3-7-17(29)19(31)11-15/h2-11,20-21,24,28-31,34,36H,12-13H2,1H3,(H,27,35)/t20-,21-,24?,26?/m1/s1. The Labute approximate surface area is 216 Å². The van der Waals surface area contributed by atoms with E-state index in [1.54, 1.807) is 0 Å². The SMILES string of the molecule is CNC(=O)C1(O)C[C@@H](OC(=O)C=Cc2ccc(O)c(O)c2)C(O)[C@H](OC(=O)C=Cc2ccc(O)c(O)c2)C1. The Morgan fingerprint density at radius 1 is 0.816 bits per heavy atom. The zero-order valence-corrected chi connectivity index (χ0v) is 20.1. The molecule has 0 saturated heterocycles. The van der Waals surface area contributed by atoms with Crippen molar-refractivity contribution in [1.82, 2.24) is 5.32 Å². The molecule has 1 saturated carbocycles. The van der Waals surface area contributed by atoms with Gasteiger partial charge in [0.2, 0.25) is 0 Å². The number of esters is 2. The fourth-order valence-corrected chi connectivity index (χ4v) is 3.86. The van der Waals surface area contributed by atoms with Crippen LogP contribution in [0.4, 0.5) is 0 Å². The third kappa shape index (κ3) is 6.81. The molecule has 12 nitrogen and oxygen atoms in total. The van der Waals surface area contributed by atoms with Gasteiger partial charge in [0.25, 0.3) is 5.91 Å². The molecule has 0 unspecified atom stereocenters. The molecule has 7 N–H and O–H groups in total. The van der Waals surface area contributed by atoms with Gasteiger partial charge in [0.1, 0.15) is 23.9 Å². The van der Waals surface area contributed by atoms with Crippen LogP contribution < -0.4 is 5.32 Å². The second-order valence-electron chi connectivity index (χ2n) is 8.62. The summed E-state index contributed by atoms with van der Waals surface area (Å²) in [6.07, 6.45) is -0.944. The lowest BCUT2D eigenvalue weighted by molar-refractivity contribution is -0.196. The Bertz CT molecular complexity index is 1180. The van der Waals surface area contributed by atoms with E-state index in [1.807, 2.05) is 0 Å². The number of carbonyl (C=O) groups is 3. The number of rotatable bonds is 7. The molecule has 202 valence electrons. The highest BCUT2D eigenvalue weighted by molar-refractivity contribution is 5.89. The summed E-state index contributed by atoms with van der Waals surface area (Å²) in [5.41, 5.74) is -1.43. The minimum absolute atomic E-state index is 0.347. The van der Waals surface area contributed by atoms with Crippen LogP contribution >= 0.6 is 0 Å². The van der Waals surface area contributed by atoms with Crippen LogP contribution in [0.5, 0.6) is 23.0 Å². The van der Waals surface area contributed by atoms with Crippen molar-refractivity contribution in [1.29, 1.82) is 0 Å². The van der Waals surface area contributed by atoms with Crippen LogP contribution in [-0.4, -0.2) is 79.4 Å². The van der Waals surface area contributed by atoms with E-state index in [4.69, 9.17) is 9.47 Å². The van der Waals surface area contributed by atoms with Crippen molar-refractivity contribution in [2.45, 2.75) is 36.8 Å². The number of phenolic OH excluding ortho intramolecular Hbond substituents is 4. The van der Waals surface area contributed by atoms with Crippen molar-refractivity contribution in [3.05, 3.63) is 59.7 Å². The highest BCUT2D eigenvalue weighted by Gasteiger charge is 2.51. The number of aliphatic hydroxyl groups excluding tert-OH is 1. The Balaban J connectivity index is 1.73. The lowest BCUT2D eigenvalue weighted by Crippen LogP contribution is -2.60. The van der Waals surface area contributed by atoms with Gasteiger partial charge in [0.15, 0.2) is 23.0 Å². The van der Waals surface area contributed by atoms with Crippen LogP contribution in [0.3, 0.4) is 0 Å². The fraction of sp³-hybridized carbons (Fsp3) is 0.269. The lowest BCUT2D eigenvalue weighted by Gasteiger charge is -2.41. The number of ether oxygens (including phenoxy) is 2. The predicted octanol–water partition coefficient (Wildman–Crippen LogP) is 0.691. The molecular formula is C26H27NO11. The molecule has 0 spiro atoms. The van der Waals surface area contributed by atoms with Gasteiger partial charge in [-0.2, -0.15) is 0 Å². The number of benzene rings is 2. The van der Waals surface area contributed by atoms with E-state index in [2.05, 4.69) is 5.32 Å². The van der Waals surface area contributed by atoms with Crippen LogP contribution in [0.25, 0.3) is 12.2 Å². The average molecular weight is 529 g/mol. The van der Waals surface area contributed by atoms with E-state index in [1.165, 1.54) is 55.6 Å². The maximum Gasteiger partial charge on any atom is 0.331 e. The molecule has 2 aromatic carbocycles. The summed E-state index contributed by atoms with van der Waals surface area (Å²) in [5.74, 6) is -4.25. The van der Waals surface area contributed by atoms with Gasteiger partial charge in [0.05, 0.1) is 0 Å². The van der Waals surface area contributed by atoms with Gasteiger partial charge in [-0.3, -0.25) is 4.79 Å². The molecule has 38 heavy (non-hydrogen) atoms. The van der Waals surface area contributed by atoms with Crippen LogP contribution in [0.15, 0.2) is 48.6 Å². The number of hydrogen-bond acceptors (Lipinski definition) is 11. The maximum absolute atomic E-state index is 12.4. The topological polar surface area (TPSA) is 203 Å². The predicted molar refractivity (Wildman–Crippen MR) is 132 cm³/mol. The summed E-state index contributed by atoms with van der Waals surface area (Å²) >= 11 is 0. The molecule has 3 rings (SSSR count). The van der Waals surface area contributed by atoms with Crippen molar-refractivity contribution >= 4 is 30.0 Å². The Hall–Kier alpha value is -4.55. The molecule has 0 aliphatic heterocycles. The van der Waals surface area contributed by atoms with E-state index < -0.39 is 66.1 Å². The molecule has 2 aromatic rings. The molecule has 0 heterocycles. The highest BCUT2D eigenvalue weighted by atomic mass is 16.6. The van der Waals surface area contributed by atoms with Crippen LogP contribution in [0, 0.1) is 0 Å². The summed E-state index contributed by atoms with van der Waals surface area (Å²) in [4.78, 5) is 37.2. The highest BCUT2D eigenvalue weighted by Crippen LogP contribution is 2.33. The first kappa shape index (κ1) is 28.0. The van der Waals surface area contributed by atoms with E-state index in [9.17, 15) is 45.0 Å². The zero-order valence-electron chi connectivity index (χ0n) is 20.1. The zero-order chi connectivity index (χ0) is 28.0. The number of phenols is 4. The maximum atomic E-state index is 12.4. The van der Waals surface area contributed by atoms with E-state index in [0.29, 0.717) is 11.1 Å². The quantitative estimate of drug-likeness (QED) is 0.151. The summed E-state index contributed by atoms with van der Waals surface area (Å²) < 4.78 is 10.5. The first-order valence-corrected chi connectivity index (χ1v) is 11.4. The summed E-state index contributed by atoms with van der Waals surface area (Å²) in [6, 6.07) is 7.66. The van der Waals surface area contributed by atoms with Crippen molar-refractivity contribution < 1.29 is 54.5 Å². The van der Waals surface area contributed by atoms with Crippen LogP contribution in [-0.2, 0) is 23.9 Å². The molecule has 2 atom stereocenters. The van der Waals surface area contributed by atoms with Crippen molar-refractivity contribution in [2.75, 3.05) is 7.05 Å². The number of amides is 1. The number of hydrogen-bond donors (Lipinski definition) is 7. The smallest absolute Gasteiger partial charge is 0.331 e. The van der Waals surface area contributed by atoms with E-state index in [0.717, 1.165) is 12.2 Å². The Morgan fingerprint density at radius 2 is 1.24 bits per heavy atom. The largest absolute Gasteiger partial charge is 0.504 e. The first-order valence-electron chi connectivity index (χ1n) is 11.4. The van der Waals surface area contributed by atoms with Gasteiger partial charge in [-0.25, -0.2) is 9.59 Å². The van der Waals surface area contributed by atoms with Crippen LogP contribution in [0.1, 0.15) is 24.0 Å². The minimum atomic E-state index is -2.14. The normalized spacial score (nSPS) is 23.3. The molecule has 1 fully saturated rings. The number of aliphatic hydroxyl groups is 2. The Morgan fingerprint density at radius 3 is 1.61 bits per heavy atom. The molecular weight excluding hydrogens is 502 g/mol. The molecule has 1 aliphatic carbocycles. The average Bonchev–Trinajstić information content (AvgIpc) is 2.87. The number of carbonyl (C=O) groups excluding carboxylic acids is 3. The molecule has 12 heteroatoms. The molecule has 1 amide bonds. The number of nitrogens with one attached hydrogen (secondary N) is 1. The molecule has 0 radical (unpaired) electrons. The van der Waals surface area contributed by atoms with Gasteiger partial charge < -0.3 is 45.4 Å². The van der Waals surface area contributed by atoms with Crippen molar-refractivity contribution in [2.24, 2.45) is 0 Å². The second-order valence-corrected chi connectivity index (χ2v) is 8.62. The molecule has 0 aromatic heterocycles. The lowest BCUT2D eigenvalue weighted by atomic mass is 9.78. The summed E-state index contributed by atoms with van der Waals surface area (Å²) in [5, 5.41) is 61.8. The number of aromatic hydroxyl groups is 4. The van der Waals surface area contributed by atoms with Crippen molar-refractivity contribution in [3.63, 3.8) is 0 Å². The molecule has 1 aliphatic rings. The minimum Gasteiger partial charge on any atom is -0.504 e. The fourth-order valence-electron chi connectivity index (χ4n) is 3.86. The summed E-state index contributed by atoms with van der Waals surface area (Å²) in [6.45, 7) is 0. The van der Waals surface area contributed by atoms with Gasteiger partial charge >= 0.3 is 11.9 Å². The van der Waals surface area contributed by atoms with Gasteiger partial charge in [0, 0.05) is 32.0 Å². The second kappa shape index (κ2) is 11.7. The monoisotopic (exact) mass is 529 g/mol. The van der Waals surface area contributed by atoms with Gasteiger partial charge in [-0.1, -0.05) is 12.1 Å². The van der Waals surface area contributed by atoms with Crippen molar-refractivity contribution in [3.8, 4) is 23.0 Å². The number of likely N-dealkylation sites (N-methyl/N-ethyl adjacent to an activating group) is 1. The third-order valence-corrected chi connectivity index (χ3v) is 5.85. The van der Waals surface area contributed by atoms with E-state index in [-0.39, 0.29) is 11.5 Å². The van der Waals surface area contributed by atoms with Gasteiger partial charge in [-0.05, 0) is 47.5 Å². The van der Waals surface area contributed by atoms with Crippen LogP contribution in [0.2, 0.25) is 0 Å². The third-order valence-electron chi connectivity index (χ3n) is 5.85. The first-order chi connectivity index (χ1) is 17.9. The van der Waals surface area contributed by atoms with E-state index >= 15 is 0 Å². The molecule has 0 bridgehead atoms.